The predicted molar refractivity (Wildman–Crippen MR) is 167 cm³/mol. The largest absolute Gasteiger partial charge is 0.497 e. The van der Waals surface area contributed by atoms with Crippen LogP contribution in [0.4, 0.5) is 0 Å². The van der Waals surface area contributed by atoms with Crippen molar-refractivity contribution in [3.63, 3.8) is 0 Å². The standard InChI is InChI=1S/C18H24O3.C17H19NO/c1-3-9-16-10-12-17(13-11-16)20-14-7-5-6-8-15-21-18(19)4-2;1-3-4-13-5-7-14(8-6-13)17-10-9-16(19-2)11-15(17)12-18/h3-4,9-13H,2,5-8,14-15H2,1H3;5-12,18H,3-4H2,1-2H3/b9-3+;. The number of carbonyl (C=O) groups is 1. The molecule has 3 aromatic rings. The van der Waals surface area contributed by atoms with Gasteiger partial charge in [0.15, 0.2) is 0 Å². The number of allylic oxidation sites excluding steroid dienone is 1. The van der Waals surface area contributed by atoms with Crippen molar-refractivity contribution in [1.29, 1.82) is 5.41 Å². The lowest BCUT2D eigenvalue weighted by Gasteiger charge is -2.09. The lowest BCUT2D eigenvalue weighted by atomic mass is 9.98. The molecule has 0 atom stereocenters. The van der Waals surface area contributed by atoms with E-state index < -0.39 is 0 Å². The van der Waals surface area contributed by atoms with E-state index in [1.807, 2.05) is 55.5 Å². The molecular formula is C35H43NO4. The summed E-state index contributed by atoms with van der Waals surface area (Å²) >= 11 is 0. The molecule has 0 aliphatic heterocycles. The first-order valence-electron chi connectivity index (χ1n) is 14.0. The highest BCUT2D eigenvalue weighted by molar-refractivity contribution is 5.89. The van der Waals surface area contributed by atoms with E-state index in [1.165, 1.54) is 23.4 Å². The SMILES string of the molecule is C=CC(=O)OCCCCCCOc1ccc(/C=C/C)cc1.CCCc1ccc(-c2ccc(OC)cc2C=N)cc1. The highest BCUT2D eigenvalue weighted by Gasteiger charge is 2.05. The number of ether oxygens (including phenoxy) is 3. The second kappa shape index (κ2) is 19.0. The topological polar surface area (TPSA) is 68.6 Å². The molecule has 0 unspecified atom stereocenters. The fourth-order valence-corrected chi connectivity index (χ4v) is 4.04. The average Bonchev–Trinajstić information content (AvgIpc) is 3.00. The van der Waals surface area contributed by atoms with Crippen molar-refractivity contribution in [2.24, 2.45) is 0 Å². The Hall–Kier alpha value is -4.12. The monoisotopic (exact) mass is 541 g/mol. The fourth-order valence-electron chi connectivity index (χ4n) is 4.04. The molecule has 0 fully saturated rings. The van der Waals surface area contributed by atoms with Gasteiger partial charge in [-0.05, 0) is 85.5 Å². The predicted octanol–water partition coefficient (Wildman–Crippen LogP) is 8.70. The smallest absolute Gasteiger partial charge is 0.330 e. The molecule has 40 heavy (non-hydrogen) atoms. The first-order valence-corrected chi connectivity index (χ1v) is 14.0. The number of benzene rings is 3. The zero-order chi connectivity index (χ0) is 29.0. The minimum Gasteiger partial charge on any atom is -0.497 e. The van der Waals surface area contributed by atoms with Gasteiger partial charge in [-0.3, -0.25) is 0 Å². The van der Waals surface area contributed by atoms with E-state index in [2.05, 4.69) is 43.8 Å². The number of aryl methyl sites for hydroxylation is 1. The van der Waals surface area contributed by atoms with Gasteiger partial charge in [0.1, 0.15) is 11.5 Å². The molecule has 1 N–H and O–H groups in total. The van der Waals surface area contributed by atoms with Crippen LogP contribution in [0.25, 0.3) is 17.2 Å². The minimum atomic E-state index is -0.348. The quantitative estimate of drug-likeness (QED) is 0.0904. The minimum absolute atomic E-state index is 0.348. The zero-order valence-electron chi connectivity index (χ0n) is 24.2. The van der Waals surface area contributed by atoms with E-state index in [-0.39, 0.29) is 5.97 Å². The lowest BCUT2D eigenvalue weighted by molar-refractivity contribution is -0.137. The van der Waals surface area contributed by atoms with Gasteiger partial charge in [-0.1, -0.05) is 74.5 Å². The Morgan fingerprint density at radius 2 is 1.57 bits per heavy atom. The van der Waals surface area contributed by atoms with Crippen LogP contribution in [0.5, 0.6) is 11.5 Å². The summed E-state index contributed by atoms with van der Waals surface area (Å²) in [6, 6.07) is 22.5. The maximum Gasteiger partial charge on any atom is 0.330 e. The Morgan fingerprint density at radius 1 is 0.900 bits per heavy atom. The summed E-state index contributed by atoms with van der Waals surface area (Å²) in [6.45, 7) is 8.73. The van der Waals surface area contributed by atoms with Crippen molar-refractivity contribution in [3.8, 4) is 22.6 Å². The van der Waals surface area contributed by atoms with Gasteiger partial charge in [0, 0.05) is 17.9 Å². The highest BCUT2D eigenvalue weighted by atomic mass is 16.5. The van der Waals surface area contributed by atoms with E-state index in [4.69, 9.17) is 19.6 Å². The molecule has 3 rings (SSSR count). The number of hydrogen-bond donors (Lipinski definition) is 1. The van der Waals surface area contributed by atoms with Crippen LogP contribution in [-0.4, -0.2) is 32.5 Å². The highest BCUT2D eigenvalue weighted by Crippen LogP contribution is 2.27. The summed E-state index contributed by atoms with van der Waals surface area (Å²) in [5.74, 6) is 1.34. The number of esters is 1. The molecule has 5 nitrogen and oxygen atoms in total. The third-order valence-corrected chi connectivity index (χ3v) is 6.18. The van der Waals surface area contributed by atoms with Crippen LogP contribution in [0.3, 0.4) is 0 Å². The van der Waals surface area contributed by atoms with Gasteiger partial charge in [0.05, 0.1) is 20.3 Å². The first-order chi connectivity index (χ1) is 19.5. The summed E-state index contributed by atoms with van der Waals surface area (Å²) in [5, 5.41) is 7.53. The Kier molecular flexibility index (Phi) is 15.3. The molecule has 0 spiro atoms. The van der Waals surface area contributed by atoms with E-state index in [0.29, 0.717) is 6.61 Å². The number of hydrogen-bond acceptors (Lipinski definition) is 5. The summed E-state index contributed by atoms with van der Waals surface area (Å²) in [4.78, 5) is 10.8. The van der Waals surface area contributed by atoms with Crippen LogP contribution in [0, 0.1) is 5.41 Å². The van der Waals surface area contributed by atoms with Crippen LogP contribution < -0.4 is 9.47 Å². The third kappa shape index (κ3) is 11.7. The number of nitrogens with one attached hydrogen (secondary N) is 1. The molecule has 0 saturated heterocycles. The molecule has 212 valence electrons. The third-order valence-electron chi connectivity index (χ3n) is 6.18. The van der Waals surface area contributed by atoms with Gasteiger partial charge in [-0.2, -0.15) is 0 Å². The van der Waals surface area contributed by atoms with Gasteiger partial charge < -0.3 is 19.6 Å². The summed E-state index contributed by atoms with van der Waals surface area (Å²) in [7, 11) is 1.64. The number of unbranched alkanes of at least 4 members (excludes halogenated alkanes) is 3. The number of rotatable bonds is 15. The molecule has 0 saturated carbocycles. The van der Waals surface area contributed by atoms with Crippen molar-refractivity contribution in [3.05, 3.63) is 102 Å². The Bertz CT molecular complexity index is 1200. The van der Waals surface area contributed by atoms with Crippen molar-refractivity contribution >= 4 is 18.3 Å². The molecule has 0 radical (unpaired) electrons. The van der Waals surface area contributed by atoms with Crippen LogP contribution in [0.2, 0.25) is 0 Å². The molecule has 0 heterocycles. The Morgan fingerprint density at radius 3 is 2.17 bits per heavy atom. The zero-order valence-corrected chi connectivity index (χ0v) is 24.2. The van der Waals surface area contributed by atoms with Gasteiger partial charge in [0.2, 0.25) is 0 Å². The van der Waals surface area contributed by atoms with E-state index >= 15 is 0 Å². The first kappa shape index (κ1) is 32.1. The van der Waals surface area contributed by atoms with Crippen LogP contribution >= 0.6 is 0 Å². The molecule has 0 amide bonds. The second-order valence-corrected chi connectivity index (χ2v) is 9.25. The second-order valence-electron chi connectivity index (χ2n) is 9.25. The van der Waals surface area contributed by atoms with Gasteiger partial charge in [-0.15, -0.1) is 0 Å². The van der Waals surface area contributed by atoms with E-state index in [9.17, 15) is 4.79 Å². The normalized spacial score (nSPS) is 10.4. The molecule has 0 aromatic heterocycles. The molecular weight excluding hydrogens is 498 g/mol. The lowest BCUT2D eigenvalue weighted by Crippen LogP contribution is -2.02. The number of carbonyl (C=O) groups excluding carboxylic acids is 1. The van der Waals surface area contributed by atoms with Crippen molar-refractivity contribution in [2.75, 3.05) is 20.3 Å². The van der Waals surface area contributed by atoms with Crippen LogP contribution in [-0.2, 0) is 16.0 Å². The van der Waals surface area contributed by atoms with E-state index in [1.54, 1.807) is 7.11 Å². The molecule has 0 aliphatic rings. The molecule has 0 aliphatic carbocycles. The Balaban J connectivity index is 0.000000281. The Labute approximate surface area is 240 Å². The van der Waals surface area contributed by atoms with Crippen molar-refractivity contribution in [1.82, 2.24) is 0 Å². The fraction of sp³-hybridized carbons (Fsp3) is 0.314. The van der Waals surface area contributed by atoms with Gasteiger partial charge in [0.25, 0.3) is 0 Å². The van der Waals surface area contributed by atoms with E-state index in [0.717, 1.165) is 73.3 Å². The van der Waals surface area contributed by atoms with Gasteiger partial charge >= 0.3 is 5.97 Å². The van der Waals surface area contributed by atoms with Crippen molar-refractivity contribution < 1.29 is 19.0 Å². The van der Waals surface area contributed by atoms with Gasteiger partial charge in [-0.25, -0.2) is 4.79 Å². The summed E-state index contributed by atoms with van der Waals surface area (Å²) in [5.41, 5.74) is 5.62. The maximum absolute atomic E-state index is 10.8. The molecule has 5 heteroatoms. The number of methoxy groups -OCH3 is 1. The summed E-state index contributed by atoms with van der Waals surface area (Å²) in [6.07, 6.45) is 12.9. The summed E-state index contributed by atoms with van der Waals surface area (Å²) < 4.78 is 15.8. The van der Waals surface area contributed by atoms with Crippen molar-refractivity contribution in [2.45, 2.75) is 52.4 Å². The maximum atomic E-state index is 10.8. The molecule has 3 aromatic carbocycles. The van der Waals surface area contributed by atoms with Crippen LogP contribution in [0.1, 0.15) is 62.6 Å². The van der Waals surface area contributed by atoms with Crippen LogP contribution in [0.15, 0.2) is 85.5 Å². The molecule has 0 bridgehead atoms. The average molecular weight is 542 g/mol.